The zero-order chi connectivity index (χ0) is 16.0. The van der Waals surface area contributed by atoms with Gasteiger partial charge >= 0.3 is 0 Å². The highest BCUT2D eigenvalue weighted by Crippen LogP contribution is 2.20. The molecule has 0 aliphatic rings. The lowest BCUT2D eigenvalue weighted by atomic mass is 9.89. The fourth-order valence-corrected chi connectivity index (χ4v) is 2.84. The molecule has 1 heterocycles. The Balaban J connectivity index is 2.36. The molecule has 0 saturated heterocycles. The first-order chi connectivity index (χ1) is 10.8. The number of nitrogens with zero attached hydrogens (tertiary/aromatic N) is 3. The van der Waals surface area contributed by atoms with Crippen LogP contribution in [0.2, 0.25) is 0 Å². The third-order valence-electron chi connectivity index (χ3n) is 4.25. The minimum Gasteiger partial charge on any atom is -0.299 e. The monoisotopic (exact) mass is 308 g/mol. The van der Waals surface area contributed by atoms with E-state index in [9.17, 15) is 4.79 Å². The van der Waals surface area contributed by atoms with Gasteiger partial charge in [-0.2, -0.15) is 0 Å². The van der Waals surface area contributed by atoms with E-state index in [2.05, 4.69) is 34.5 Å². The second-order valence-electron chi connectivity index (χ2n) is 6.24. The number of rotatable bonds is 14. The number of H-pyrrole nitrogens is 1. The number of hydrogen-bond donors (Lipinski definition) is 1. The van der Waals surface area contributed by atoms with Crippen LogP contribution in [-0.2, 0) is 11.2 Å². The maximum atomic E-state index is 12.5. The zero-order valence-corrected chi connectivity index (χ0v) is 14.3. The van der Waals surface area contributed by atoms with Crippen LogP contribution < -0.4 is 0 Å². The average Bonchev–Trinajstić information content (AvgIpc) is 3.02. The van der Waals surface area contributed by atoms with Crippen molar-refractivity contribution in [1.29, 1.82) is 0 Å². The number of hydrogen-bond acceptors (Lipinski definition) is 4. The predicted molar refractivity (Wildman–Crippen MR) is 88.5 cm³/mol. The number of unbranched alkanes of at least 4 members (excludes halogenated alkanes) is 7. The number of aromatic amines is 1. The molecule has 1 unspecified atom stereocenters. The van der Waals surface area contributed by atoms with E-state index in [0.29, 0.717) is 18.0 Å². The fraction of sp³-hybridized carbons (Fsp3) is 0.882. The molecule has 0 bridgehead atoms. The average molecular weight is 308 g/mol. The number of aromatic nitrogens is 4. The largest absolute Gasteiger partial charge is 0.299 e. The Morgan fingerprint density at radius 1 is 0.955 bits per heavy atom. The van der Waals surface area contributed by atoms with E-state index in [4.69, 9.17) is 0 Å². The van der Waals surface area contributed by atoms with Crippen molar-refractivity contribution in [2.24, 2.45) is 5.92 Å². The first kappa shape index (κ1) is 18.8. The van der Waals surface area contributed by atoms with Gasteiger partial charge in [0.2, 0.25) is 0 Å². The predicted octanol–water partition coefficient (Wildman–Crippen LogP) is 4.26. The first-order valence-electron chi connectivity index (χ1n) is 9.03. The van der Waals surface area contributed by atoms with Crippen LogP contribution in [-0.4, -0.2) is 26.4 Å². The molecule has 0 saturated carbocycles. The Hall–Kier alpha value is -1.26. The van der Waals surface area contributed by atoms with Crippen LogP contribution in [0.25, 0.3) is 0 Å². The SMILES string of the molecule is CCCCCCCC(CCCCCC)C(=O)Cc1nnn[nH]1. The first-order valence-corrected chi connectivity index (χ1v) is 9.03. The maximum Gasteiger partial charge on any atom is 0.155 e. The minimum absolute atomic E-state index is 0.184. The Morgan fingerprint density at radius 2 is 1.55 bits per heavy atom. The molecule has 1 aromatic heterocycles. The molecule has 0 radical (unpaired) electrons. The van der Waals surface area contributed by atoms with Crippen molar-refractivity contribution < 1.29 is 4.79 Å². The van der Waals surface area contributed by atoms with E-state index in [-0.39, 0.29) is 5.92 Å². The van der Waals surface area contributed by atoms with Crippen LogP contribution in [0.3, 0.4) is 0 Å². The molecule has 0 aromatic carbocycles. The molecule has 22 heavy (non-hydrogen) atoms. The lowest BCUT2D eigenvalue weighted by molar-refractivity contribution is -0.122. The van der Waals surface area contributed by atoms with Crippen molar-refractivity contribution in [3.63, 3.8) is 0 Å². The van der Waals surface area contributed by atoms with Gasteiger partial charge in [-0.3, -0.25) is 4.79 Å². The van der Waals surface area contributed by atoms with Gasteiger partial charge in [-0.1, -0.05) is 71.6 Å². The van der Waals surface area contributed by atoms with Gasteiger partial charge in [0.1, 0.15) is 5.78 Å². The molecule has 0 spiro atoms. The van der Waals surface area contributed by atoms with Gasteiger partial charge in [-0.25, -0.2) is 5.10 Å². The number of ketones is 1. The molecule has 1 atom stereocenters. The van der Waals surface area contributed by atoms with E-state index in [0.717, 1.165) is 19.3 Å². The summed E-state index contributed by atoms with van der Waals surface area (Å²) in [6.07, 6.45) is 13.6. The molecular formula is C17H32N4O. The van der Waals surface area contributed by atoms with Crippen molar-refractivity contribution in [3.05, 3.63) is 5.82 Å². The van der Waals surface area contributed by atoms with Crippen molar-refractivity contribution in [2.45, 2.75) is 90.9 Å². The van der Waals surface area contributed by atoms with Gasteiger partial charge in [0, 0.05) is 5.92 Å². The lowest BCUT2D eigenvalue weighted by Gasteiger charge is -2.15. The summed E-state index contributed by atoms with van der Waals surface area (Å²) in [4.78, 5) is 12.5. The summed E-state index contributed by atoms with van der Waals surface area (Å²) in [6.45, 7) is 4.44. The number of Topliss-reactive ketones (excluding diaryl/α,β-unsaturated/α-hetero) is 1. The Bertz CT molecular complexity index is 378. The molecular weight excluding hydrogens is 276 g/mol. The number of tetrazole rings is 1. The molecule has 126 valence electrons. The molecule has 0 aliphatic carbocycles. The maximum absolute atomic E-state index is 12.5. The van der Waals surface area contributed by atoms with Gasteiger partial charge in [0.15, 0.2) is 5.82 Å². The van der Waals surface area contributed by atoms with Crippen LogP contribution in [0.15, 0.2) is 0 Å². The summed E-state index contributed by atoms with van der Waals surface area (Å²) < 4.78 is 0. The van der Waals surface area contributed by atoms with Crippen molar-refractivity contribution >= 4 is 5.78 Å². The summed E-state index contributed by atoms with van der Waals surface area (Å²) in [5.41, 5.74) is 0. The molecule has 1 rings (SSSR count). The summed E-state index contributed by atoms with van der Waals surface area (Å²) in [6, 6.07) is 0. The topological polar surface area (TPSA) is 71.5 Å². The van der Waals surface area contributed by atoms with Crippen LogP contribution in [0.1, 0.15) is 90.3 Å². The number of carbonyl (C=O) groups excluding carboxylic acids is 1. The van der Waals surface area contributed by atoms with Crippen LogP contribution in [0.5, 0.6) is 0 Å². The van der Waals surface area contributed by atoms with E-state index in [1.54, 1.807) is 0 Å². The van der Waals surface area contributed by atoms with Crippen molar-refractivity contribution in [3.8, 4) is 0 Å². The van der Waals surface area contributed by atoms with E-state index >= 15 is 0 Å². The molecule has 0 aliphatic heterocycles. The highest BCUT2D eigenvalue weighted by molar-refractivity contribution is 5.82. The molecule has 0 fully saturated rings. The quantitative estimate of drug-likeness (QED) is 0.521. The van der Waals surface area contributed by atoms with E-state index in [1.807, 2.05) is 0 Å². The van der Waals surface area contributed by atoms with Gasteiger partial charge in [0.25, 0.3) is 0 Å². The smallest absolute Gasteiger partial charge is 0.155 e. The van der Waals surface area contributed by atoms with Crippen LogP contribution >= 0.6 is 0 Å². The van der Waals surface area contributed by atoms with Gasteiger partial charge in [-0.05, 0) is 23.3 Å². The molecule has 0 amide bonds. The molecule has 1 aromatic rings. The fourth-order valence-electron chi connectivity index (χ4n) is 2.84. The van der Waals surface area contributed by atoms with Crippen molar-refractivity contribution in [1.82, 2.24) is 20.6 Å². The molecule has 5 nitrogen and oxygen atoms in total. The third-order valence-corrected chi connectivity index (χ3v) is 4.25. The normalized spacial score (nSPS) is 12.5. The summed E-state index contributed by atoms with van der Waals surface area (Å²) in [5, 5.41) is 13.6. The molecule has 5 heteroatoms. The number of carbonyl (C=O) groups is 1. The van der Waals surface area contributed by atoms with Crippen molar-refractivity contribution in [2.75, 3.05) is 0 Å². The second kappa shape index (κ2) is 12.3. The second-order valence-corrected chi connectivity index (χ2v) is 6.24. The highest BCUT2D eigenvalue weighted by Gasteiger charge is 2.19. The van der Waals surface area contributed by atoms with Crippen LogP contribution in [0, 0.1) is 5.92 Å². The molecule has 1 N–H and O–H groups in total. The van der Waals surface area contributed by atoms with Gasteiger partial charge < -0.3 is 0 Å². The highest BCUT2D eigenvalue weighted by atomic mass is 16.1. The third kappa shape index (κ3) is 8.25. The number of nitrogens with one attached hydrogen (secondary N) is 1. The van der Waals surface area contributed by atoms with Gasteiger partial charge in [0.05, 0.1) is 6.42 Å². The van der Waals surface area contributed by atoms with Gasteiger partial charge in [-0.15, -0.1) is 5.10 Å². The van der Waals surface area contributed by atoms with E-state index in [1.165, 1.54) is 51.4 Å². The summed E-state index contributed by atoms with van der Waals surface area (Å²) >= 11 is 0. The van der Waals surface area contributed by atoms with E-state index < -0.39 is 0 Å². The zero-order valence-electron chi connectivity index (χ0n) is 14.3. The Morgan fingerprint density at radius 3 is 2.09 bits per heavy atom. The standard InChI is InChI=1S/C17H32N4O/c1-3-5-7-9-11-13-15(12-10-8-6-4-2)16(22)14-17-18-20-21-19-17/h15H,3-14H2,1-2H3,(H,18,19,20,21). The Labute approximate surface area is 134 Å². The minimum atomic E-state index is 0.184. The summed E-state index contributed by atoms with van der Waals surface area (Å²) in [5.74, 6) is 1.07. The lowest BCUT2D eigenvalue weighted by Crippen LogP contribution is -2.18. The summed E-state index contributed by atoms with van der Waals surface area (Å²) in [7, 11) is 0. The van der Waals surface area contributed by atoms with Crippen LogP contribution in [0.4, 0.5) is 0 Å². The Kier molecular flexibility index (Phi) is 10.5.